The molecular weight excluding hydrogens is 258 g/mol. The minimum Gasteiger partial charge on any atom is -0.394 e. The van der Waals surface area contributed by atoms with Gasteiger partial charge in [0.1, 0.15) is 18.4 Å². The smallest absolute Gasteiger partial charge is 0.326 e. The van der Waals surface area contributed by atoms with Crippen LogP contribution < -0.4 is 5.32 Å². The second kappa shape index (κ2) is 5.41. The zero-order valence-corrected chi connectivity index (χ0v) is 9.84. The minimum absolute atomic E-state index is 0.0917. The maximum Gasteiger partial charge on any atom is 0.326 e. The zero-order valence-electron chi connectivity index (χ0n) is 9.84. The molecule has 0 saturated carbocycles. The first kappa shape index (κ1) is 13.6. The summed E-state index contributed by atoms with van der Waals surface area (Å²) in [6, 6.07) is -1.70. The van der Waals surface area contributed by atoms with Gasteiger partial charge in [0.15, 0.2) is 0 Å². The maximum absolute atomic E-state index is 11.7. The van der Waals surface area contributed by atoms with Gasteiger partial charge in [0.25, 0.3) is 0 Å². The van der Waals surface area contributed by atoms with Gasteiger partial charge in [-0.25, -0.2) is 4.79 Å². The van der Waals surface area contributed by atoms with Crippen molar-refractivity contribution in [3.63, 3.8) is 0 Å². The van der Waals surface area contributed by atoms with E-state index in [1.165, 1.54) is 4.90 Å². The number of azide groups is 1. The summed E-state index contributed by atoms with van der Waals surface area (Å²) in [4.78, 5) is 26.5. The molecule has 0 aromatic heterocycles. The second-order valence-electron chi connectivity index (χ2n) is 4.23. The van der Waals surface area contributed by atoms with Crippen LogP contribution in [0.5, 0.6) is 0 Å². The number of imide groups is 1. The van der Waals surface area contributed by atoms with Crippen molar-refractivity contribution < 1.29 is 24.5 Å². The predicted octanol–water partition coefficient (Wildman–Crippen LogP) is -1.31. The summed E-state index contributed by atoms with van der Waals surface area (Å²) in [5.41, 5.74) is 8.48. The number of carbonyl (C=O) groups is 2. The molecule has 0 radical (unpaired) electrons. The van der Waals surface area contributed by atoms with Crippen LogP contribution in [0.25, 0.3) is 10.4 Å². The number of carbonyl (C=O) groups excluding carboxylic acids is 2. The van der Waals surface area contributed by atoms with E-state index in [1.807, 2.05) is 0 Å². The first-order chi connectivity index (χ1) is 9.08. The van der Waals surface area contributed by atoms with Gasteiger partial charge >= 0.3 is 6.03 Å². The van der Waals surface area contributed by atoms with Gasteiger partial charge in [-0.1, -0.05) is 5.11 Å². The molecule has 2 aliphatic rings. The number of aliphatic hydroxyl groups excluding tert-OH is 2. The number of hydrogen-bond acceptors (Lipinski definition) is 6. The summed E-state index contributed by atoms with van der Waals surface area (Å²) >= 11 is 0. The van der Waals surface area contributed by atoms with E-state index in [0.29, 0.717) is 0 Å². The molecule has 2 saturated heterocycles. The summed E-state index contributed by atoms with van der Waals surface area (Å²) in [5, 5.41) is 24.4. The number of nitrogens with one attached hydrogen (secondary N) is 1. The first-order valence-corrected chi connectivity index (χ1v) is 5.67. The van der Waals surface area contributed by atoms with Crippen molar-refractivity contribution in [1.82, 2.24) is 10.2 Å². The average Bonchev–Trinajstić information content (AvgIpc) is 2.68. The zero-order chi connectivity index (χ0) is 14.0. The highest BCUT2D eigenvalue weighted by Crippen LogP contribution is 2.27. The van der Waals surface area contributed by atoms with Crippen molar-refractivity contribution in [2.24, 2.45) is 5.11 Å². The lowest BCUT2D eigenvalue weighted by Crippen LogP contribution is -2.56. The molecule has 3 N–H and O–H groups in total. The molecule has 0 aromatic rings. The van der Waals surface area contributed by atoms with Crippen LogP contribution in [0.2, 0.25) is 0 Å². The molecule has 10 nitrogen and oxygen atoms in total. The predicted molar refractivity (Wildman–Crippen MR) is 59.5 cm³/mol. The molecular formula is C9H13N5O5. The van der Waals surface area contributed by atoms with Crippen molar-refractivity contribution >= 4 is 11.9 Å². The number of aliphatic hydroxyl groups is 2. The van der Waals surface area contributed by atoms with E-state index >= 15 is 0 Å². The molecule has 0 spiro atoms. The Balaban J connectivity index is 2.19. The second-order valence-corrected chi connectivity index (χ2v) is 4.23. The van der Waals surface area contributed by atoms with Crippen molar-refractivity contribution in [2.45, 2.75) is 30.9 Å². The molecule has 10 heteroatoms. The highest BCUT2D eigenvalue weighted by molar-refractivity contribution is 5.96. The van der Waals surface area contributed by atoms with Gasteiger partial charge in [-0.05, 0) is 5.53 Å². The molecule has 2 aliphatic heterocycles. The van der Waals surface area contributed by atoms with Crippen LogP contribution in [-0.4, -0.2) is 64.7 Å². The van der Waals surface area contributed by atoms with Crippen LogP contribution in [-0.2, 0) is 9.53 Å². The third-order valence-corrected chi connectivity index (χ3v) is 3.10. The largest absolute Gasteiger partial charge is 0.394 e. The van der Waals surface area contributed by atoms with Gasteiger partial charge in [-0.2, -0.15) is 0 Å². The molecule has 0 bridgehead atoms. The maximum atomic E-state index is 11.7. The SMILES string of the molecule is [N-]=[N+]=N[C@@H]1[C@H](O)[C@@H](CO)O[C@H]1N1CCC(=O)NC1=O. The monoisotopic (exact) mass is 271 g/mol. The number of ether oxygens (including phenoxy) is 1. The van der Waals surface area contributed by atoms with E-state index in [-0.39, 0.29) is 13.0 Å². The molecule has 3 amide bonds. The number of amides is 3. The average molecular weight is 271 g/mol. The molecule has 4 atom stereocenters. The third kappa shape index (κ3) is 2.47. The van der Waals surface area contributed by atoms with Gasteiger partial charge in [0.2, 0.25) is 5.91 Å². The van der Waals surface area contributed by atoms with Gasteiger partial charge in [-0.3, -0.25) is 15.0 Å². The Morgan fingerprint density at radius 3 is 2.89 bits per heavy atom. The lowest BCUT2D eigenvalue weighted by atomic mass is 10.1. The Morgan fingerprint density at radius 2 is 2.32 bits per heavy atom. The summed E-state index contributed by atoms with van der Waals surface area (Å²) < 4.78 is 5.32. The molecule has 19 heavy (non-hydrogen) atoms. The number of nitrogens with zero attached hydrogens (tertiary/aromatic N) is 4. The van der Waals surface area contributed by atoms with Crippen molar-refractivity contribution in [3.8, 4) is 0 Å². The van der Waals surface area contributed by atoms with E-state index in [0.717, 1.165) is 0 Å². The van der Waals surface area contributed by atoms with Gasteiger partial charge in [0.05, 0.1) is 12.7 Å². The summed E-state index contributed by atoms with van der Waals surface area (Å²) in [6.07, 6.45) is -3.06. The third-order valence-electron chi connectivity index (χ3n) is 3.10. The Hall–Kier alpha value is -1.87. The highest BCUT2D eigenvalue weighted by atomic mass is 16.5. The molecule has 104 valence electrons. The number of urea groups is 1. The van der Waals surface area contributed by atoms with Crippen LogP contribution >= 0.6 is 0 Å². The van der Waals surface area contributed by atoms with E-state index in [2.05, 4.69) is 15.3 Å². The summed E-state index contributed by atoms with van der Waals surface area (Å²) in [5.74, 6) is -0.404. The standard InChI is InChI=1S/C9H13N5O5/c10-13-12-6-7(17)4(3-15)19-8(6)14-2-1-5(16)11-9(14)18/h4,6-8,15,17H,1-3H2,(H,11,16,18)/t4-,6-,7-,8-/m1/s1. The Kier molecular flexibility index (Phi) is 3.86. The van der Waals surface area contributed by atoms with Crippen molar-refractivity contribution in [3.05, 3.63) is 10.4 Å². The van der Waals surface area contributed by atoms with E-state index < -0.39 is 43.0 Å². The lowest BCUT2D eigenvalue weighted by Gasteiger charge is -2.33. The van der Waals surface area contributed by atoms with Crippen LogP contribution in [0.3, 0.4) is 0 Å². The van der Waals surface area contributed by atoms with Crippen LogP contribution in [0.4, 0.5) is 4.79 Å². The molecule has 2 rings (SSSR count). The molecule has 2 heterocycles. The van der Waals surface area contributed by atoms with Gasteiger partial charge < -0.3 is 14.9 Å². The highest BCUT2D eigenvalue weighted by Gasteiger charge is 2.47. The quantitative estimate of drug-likeness (QED) is 0.331. The molecule has 2 fully saturated rings. The van der Waals surface area contributed by atoms with E-state index in [1.54, 1.807) is 0 Å². The van der Waals surface area contributed by atoms with Gasteiger partial charge in [-0.15, -0.1) is 0 Å². The summed E-state index contributed by atoms with van der Waals surface area (Å²) in [6.45, 7) is -0.374. The fourth-order valence-corrected chi connectivity index (χ4v) is 2.14. The Bertz CT molecular complexity index is 437. The fraction of sp³-hybridized carbons (Fsp3) is 0.778. The van der Waals surface area contributed by atoms with Crippen molar-refractivity contribution in [1.29, 1.82) is 0 Å². The number of hydrogen-bond donors (Lipinski definition) is 3. The van der Waals surface area contributed by atoms with Crippen LogP contribution in [0.15, 0.2) is 5.11 Å². The minimum atomic E-state index is -1.21. The topological polar surface area (TPSA) is 148 Å². The van der Waals surface area contributed by atoms with E-state index in [4.69, 9.17) is 15.4 Å². The Morgan fingerprint density at radius 1 is 1.58 bits per heavy atom. The molecule has 0 aromatic carbocycles. The van der Waals surface area contributed by atoms with Crippen LogP contribution in [0.1, 0.15) is 6.42 Å². The fourth-order valence-electron chi connectivity index (χ4n) is 2.14. The van der Waals surface area contributed by atoms with E-state index in [9.17, 15) is 14.7 Å². The van der Waals surface area contributed by atoms with Crippen molar-refractivity contribution in [2.75, 3.05) is 13.2 Å². The Labute approximate surface area is 107 Å². The normalized spacial score (nSPS) is 34.9. The van der Waals surface area contributed by atoms with Gasteiger partial charge in [0, 0.05) is 17.9 Å². The lowest BCUT2D eigenvalue weighted by molar-refractivity contribution is -0.124. The van der Waals surface area contributed by atoms with Crippen LogP contribution in [0, 0.1) is 0 Å². The summed E-state index contributed by atoms with van der Waals surface area (Å²) in [7, 11) is 0. The molecule has 0 aliphatic carbocycles. The number of rotatable bonds is 3. The molecule has 0 unspecified atom stereocenters. The first-order valence-electron chi connectivity index (χ1n) is 5.67.